The van der Waals surface area contributed by atoms with E-state index in [0.29, 0.717) is 13.1 Å². The zero-order chi connectivity index (χ0) is 7.23. The molecule has 0 spiro atoms. The topological polar surface area (TPSA) is 26.3 Å². The maximum atomic E-state index is 9.76. The molecule has 0 N–H and O–H groups in total. The maximum Gasteiger partial charge on any atom is 1.00 e. The van der Waals surface area contributed by atoms with Gasteiger partial charge in [0.15, 0.2) is 0 Å². The molecular formula is C8H9NaO2. The Morgan fingerprint density at radius 1 is 1.36 bits per heavy atom. The Kier molecular flexibility index (Phi) is 6.22. The van der Waals surface area contributed by atoms with E-state index in [-0.39, 0.29) is 31.0 Å². The van der Waals surface area contributed by atoms with E-state index in [4.69, 9.17) is 0 Å². The summed E-state index contributed by atoms with van der Waals surface area (Å²) >= 11 is 0. The van der Waals surface area contributed by atoms with Crippen LogP contribution in [-0.4, -0.2) is 6.47 Å². The van der Waals surface area contributed by atoms with Crippen LogP contribution >= 0.6 is 0 Å². The third-order valence-electron chi connectivity index (χ3n) is 1.16. The Balaban J connectivity index is 0. The van der Waals surface area contributed by atoms with Crippen LogP contribution in [0.1, 0.15) is 6.99 Å². The Labute approximate surface area is 89.3 Å². The van der Waals surface area contributed by atoms with Crippen LogP contribution in [0, 0.1) is 0 Å². The van der Waals surface area contributed by atoms with Gasteiger partial charge in [-0.1, -0.05) is 30.3 Å². The SMILES string of the molecule is O=COCc1ccccc1.[H-].[Na+]. The van der Waals surface area contributed by atoms with Gasteiger partial charge < -0.3 is 6.16 Å². The smallest absolute Gasteiger partial charge is 1.00 e. The van der Waals surface area contributed by atoms with Crippen molar-refractivity contribution in [2.75, 3.05) is 0 Å². The average Bonchev–Trinajstić information content (AvgIpc) is 2.03. The quantitative estimate of drug-likeness (QED) is 0.396. The summed E-state index contributed by atoms with van der Waals surface area (Å²) in [5, 5.41) is 0. The molecule has 0 aliphatic rings. The van der Waals surface area contributed by atoms with Gasteiger partial charge in [-0.3, -0.25) is 4.79 Å². The Hall–Kier alpha value is -0.310. The minimum absolute atomic E-state index is 0. The summed E-state index contributed by atoms with van der Waals surface area (Å²) in [6.45, 7) is 0.817. The molecule has 11 heavy (non-hydrogen) atoms. The van der Waals surface area contributed by atoms with Crippen LogP contribution < -0.4 is 29.6 Å². The number of ether oxygens (including phenoxy) is 1. The first-order chi connectivity index (χ1) is 4.93. The molecule has 0 radical (unpaired) electrons. The minimum Gasteiger partial charge on any atom is -1.00 e. The van der Waals surface area contributed by atoms with Gasteiger partial charge in [-0.15, -0.1) is 0 Å². The summed E-state index contributed by atoms with van der Waals surface area (Å²) in [5.74, 6) is 0. The van der Waals surface area contributed by atoms with Crippen molar-refractivity contribution < 1.29 is 40.5 Å². The second-order valence-electron chi connectivity index (χ2n) is 1.89. The molecule has 0 unspecified atom stereocenters. The summed E-state index contributed by atoms with van der Waals surface area (Å²) < 4.78 is 4.54. The number of rotatable bonds is 3. The first-order valence-corrected chi connectivity index (χ1v) is 3.02. The van der Waals surface area contributed by atoms with Crippen molar-refractivity contribution in [3.8, 4) is 0 Å². The van der Waals surface area contributed by atoms with Crippen molar-refractivity contribution in [1.29, 1.82) is 0 Å². The summed E-state index contributed by atoms with van der Waals surface area (Å²) in [7, 11) is 0. The van der Waals surface area contributed by atoms with E-state index in [0.717, 1.165) is 5.56 Å². The molecule has 0 bridgehead atoms. The van der Waals surface area contributed by atoms with Gasteiger partial charge in [0.05, 0.1) is 0 Å². The number of benzene rings is 1. The van der Waals surface area contributed by atoms with E-state index in [1.165, 1.54) is 0 Å². The number of hydrogen-bond donors (Lipinski definition) is 0. The largest absolute Gasteiger partial charge is 1.00 e. The van der Waals surface area contributed by atoms with Crippen LogP contribution in [0.25, 0.3) is 0 Å². The predicted octanol–water partition coefficient (Wildman–Crippen LogP) is -1.52. The standard InChI is InChI=1S/C8H8O2.Na.H/c9-7-10-6-8-4-2-1-3-5-8;;/h1-5,7H,6H2;;/q;+1;-1. The first kappa shape index (κ1) is 10.7. The van der Waals surface area contributed by atoms with Gasteiger partial charge in [-0.2, -0.15) is 0 Å². The third-order valence-corrected chi connectivity index (χ3v) is 1.16. The fourth-order valence-electron chi connectivity index (χ4n) is 0.704. The van der Waals surface area contributed by atoms with Crippen molar-refractivity contribution in [2.24, 2.45) is 0 Å². The zero-order valence-corrected chi connectivity index (χ0v) is 8.49. The molecule has 3 heteroatoms. The van der Waals surface area contributed by atoms with Crippen LogP contribution in [0.15, 0.2) is 30.3 Å². The molecule has 0 amide bonds. The second kappa shape index (κ2) is 6.40. The molecule has 54 valence electrons. The molecule has 2 nitrogen and oxygen atoms in total. The molecule has 0 aliphatic heterocycles. The molecule has 0 heterocycles. The number of hydrogen-bond acceptors (Lipinski definition) is 2. The second-order valence-corrected chi connectivity index (χ2v) is 1.89. The van der Waals surface area contributed by atoms with Gasteiger partial charge in [-0.25, -0.2) is 0 Å². The van der Waals surface area contributed by atoms with Gasteiger partial charge in [0.2, 0.25) is 0 Å². The van der Waals surface area contributed by atoms with Gasteiger partial charge in [-0.05, 0) is 5.56 Å². The summed E-state index contributed by atoms with van der Waals surface area (Å²) in [5.41, 5.74) is 1.01. The van der Waals surface area contributed by atoms with Crippen molar-refractivity contribution >= 4 is 6.47 Å². The van der Waals surface area contributed by atoms with Gasteiger partial charge in [0.1, 0.15) is 6.61 Å². The van der Waals surface area contributed by atoms with Crippen LogP contribution in [0.2, 0.25) is 0 Å². The fourth-order valence-corrected chi connectivity index (χ4v) is 0.704. The van der Waals surface area contributed by atoms with Crippen molar-refractivity contribution in [1.82, 2.24) is 0 Å². The van der Waals surface area contributed by atoms with Gasteiger partial charge in [0, 0.05) is 0 Å². The molecule has 0 atom stereocenters. The van der Waals surface area contributed by atoms with E-state index >= 15 is 0 Å². The zero-order valence-electron chi connectivity index (χ0n) is 7.49. The molecule has 0 fully saturated rings. The summed E-state index contributed by atoms with van der Waals surface area (Å²) in [6, 6.07) is 9.55. The molecule has 0 aliphatic carbocycles. The summed E-state index contributed by atoms with van der Waals surface area (Å²) in [6.07, 6.45) is 0. The van der Waals surface area contributed by atoms with E-state index in [9.17, 15) is 4.79 Å². The van der Waals surface area contributed by atoms with E-state index in [1.807, 2.05) is 30.3 Å². The predicted molar refractivity (Wildman–Crippen MR) is 38.4 cm³/mol. The Morgan fingerprint density at radius 3 is 2.55 bits per heavy atom. The Morgan fingerprint density at radius 2 is 2.00 bits per heavy atom. The molecule has 0 saturated carbocycles. The number of carbonyl (C=O) groups is 1. The Bertz CT molecular complexity index is 203. The third kappa shape index (κ3) is 4.19. The minimum atomic E-state index is 0. The van der Waals surface area contributed by atoms with Crippen LogP contribution in [0.4, 0.5) is 0 Å². The van der Waals surface area contributed by atoms with Crippen LogP contribution in [0.5, 0.6) is 0 Å². The van der Waals surface area contributed by atoms with E-state index in [2.05, 4.69) is 4.74 Å². The van der Waals surface area contributed by atoms with E-state index < -0.39 is 0 Å². The summed E-state index contributed by atoms with van der Waals surface area (Å²) in [4.78, 5) is 9.76. The molecule has 0 saturated heterocycles. The normalized spacial score (nSPS) is 8.00. The van der Waals surface area contributed by atoms with Crippen LogP contribution in [0.3, 0.4) is 0 Å². The number of carbonyl (C=O) groups excluding carboxylic acids is 1. The van der Waals surface area contributed by atoms with E-state index in [1.54, 1.807) is 0 Å². The van der Waals surface area contributed by atoms with Crippen molar-refractivity contribution in [2.45, 2.75) is 6.61 Å². The first-order valence-electron chi connectivity index (χ1n) is 3.02. The van der Waals surface area contributed by atoms with Gasteiger partial charge >= 0.3 is 29.6 Å². The van der Waals surface area contributed by atoms with Crippen molar-refractivity contribution in [3.63, 3.8) is 0 Å². The molecular weight excluding hydrogens is 151 g/mol. The molecule has 1 aromatic carbocycles. The van der Waals surface area contributed by atoms with Crippen molar-refractivity contribution in [3.05, 3.63) is 35.9 Å². The molecule has 0 aromatic heterocycles. The molecule has 1 aromatic rings. The monoisotopic (exact) mass is 160 g/mol. The fraction of sp³-hybridized carbons (Fsp3) is 0.125. The average molecular weight is 160 g/mol. The van der Waals surface area contributed by atoms with Crippen LogP contribution in [-0.2, 0) is 16.1 Å². The van der Waals surface area contributed by atoms with Gasteiger partial charge in [0.25, 0.3) is 6.47 Å². The molecule has 1 rings (SSSR count). The maximum absolute atomic E-state index is 9.76.